The fraction of sp³-hybridized carbons (Fsp3) is 0.250. The number of aliphatic carboxylic acids is 1. The van der Waals surface area contributed by atoms with E-state index in [-0.39, 0.29) is 19.5 Å². The topological polar surface area (TPSA) is 125 Å². The number of nitrogens with zero attached hydrogens (tertiary/aromatic N) is 1. The minimum atomic E-state index is -0.900. The molecule has 2 rings (SSSR count). The third-order valence-electron chi connectivity index (χ3n) is 3.89. The molecule has 0 aliphatic rings. The Labute approximate surface area is 163 Å². The number of primary amides is 1. The summed E-state index contributed by atoms with van der Waals surface area (Å²) in [6.07, 6.45) is 0.351. The zero-order valence-corrected chi connectivity index (χ0v) is 15.4. The number of anilines is 2. The molecule has 5 N–H and O–H groups in total. The highest BCUT2D eigenvalue weighted by molar-refractivity contribution is 5.90. The van der Waals surface area contributed by atoms with Crippen molar-refractivity contribution in [2.75, 3.05) is 23.3 Å². The quantitative estimate of drug-likeness (QED) is 0.467. The maximum absolute atomic E-state index is 11.9. The molecule has 0 bridgehead atoms. The van der Waals surface area contributed by atoms with Crippen LogP contribution in [0, 0.1) is 0 Å². The summed E-state index contributed by atoms with van der Waals surface area (Å²) >= 11 is 0. The van der Waals surface area contributed by atoms with Crippen LogP contribution in [0.2, 0.25) is 0 Å². The van der Waals surface area contributed by atoms with Crippen LogP contribution in [0.5, 0.6) is 0 Å². The van der Waals surface area contributed by atoms with Crippen molar-refractivity contribution in [1.82, 2.24) is 5.32 Å². The highest BCUT2D eigenvalue weighted by Crippen LogP contribution is 2.21. The molecule has 2 aromatic rings. The van der Waals surface area contributed by atoms with Crippen molar-refractivity contribution in [2.24, 2.45) is 5.73 Å². The number of carboxylic acid groups (broad SMARTS) is 1. The largest absolute Gasteiger partial charge is 0.481 e. The van der Waals surface area contributed by atoms with Gasteiger partial charge in [0.15, 0.2) is 0 Å². The lowest BCUT2D eigenvalue weighted by atomic mass is 10.2. The van der Waals surface area contributed by atoms with Gasteiger partial charge < -0.3 is 26.4 Å². The summed E-state index contributed by atoms with van der Waals surface area (Å²) in [7, 11) is 0. The number of carbonyl (C=O) groups is 3. The van der Waals surface area contributed by atoms with Crippen molar-refractivity contribution in [3.05, 3.63) is 60.2 Å². The van der Waals surface area contributed by atoms with Crippen molar-refractivity contribution in [3.63, 3.8) is 0 Å². The molecule has 3 amide bonds. The highest BCUT2D eigenvalue weighted by Gasteiger charge is 2.12. The molecular formula is C20H24N4O4. The Kier molecular flexibility index (Phi) is 7.83. The maximum atomic E-state index is 11.9. The summed E-state index contributed by atoms with van der Waals surface area (Å²) < 4.78 is 0. The van der Waals surface area contributed by atoms with Crippen LogP contribution in [0.3, 0.4) is 0 Å². The van der Waals surface area contributed by atoms with Crippen LogP contribution in [-0.2, 0) is 16.1 Å². The molecule has 8 heteroatoms. The molecule has 8 nitrogen and oxygen atoms in total. The molecule has 0 aromatic heterocycles. The monoisotopic (exact) mass is 384 g/mol. The van der Waals surface area contributed by atoms with E-state index in [1.165, 1.54) is 0 Å². The lowest BCUT2D eigenvalue weighted by Crippen LogP contribution is -2.33. The van der Waals surface area contributed by atoms with Gasteiger partial charge >= 0.3 is 12.0 Å². The first kappa shape index (κ1) is 20.8. The van der Waals surface area contributed by atoms with Gasteiger partial charge in [-0.3, -0.25) is 9.59 Å². The summed E-state index contributed by atoms with van der Waals surface area (Å²) in [6, 6.07) is 16.3. The molecule has 28 heavy (non-hydrogen) atoms. The number of hydrogen-bond donors (Lipinski definition) is 4. The summed E-state index contributed by atoms with van der Waals surface area (Å²) in [5.74, 6) is -1.35. The second-order valence-corrected chi connectivity index (χ2v) is 6.24. The number of urea groups is 1. The molecule has 0 spiro atoms. The molecule has 0 unspecified atom stereocenters. The van der Waals surface area contributed by atoms with Crippen molar-refractivity contribution in [1.29, 1.82) is 0 Å². The molecular weight excluding hydrogens is 360 g/mol. The van der Waals surface area contributed by atoms with E-state index in [1.807, 2.05) is 41.3 Å². The average Bonchev–Trinajstić information content (AvgIpc) is 2.65. The Hall–Kier alpha value is -3.55. The minimum Gasteiger partial charge on any atom is -0.481 e. The predicted molar refractivity (Wildman–Crippen MR) is 107 cm³/mol. The Balaban J connectivity index is 2.02. The smallest absolute Gasteiger partial charge is 0.319 e. The summed E-state index contributed by atoms with van der Waals surface area (Å²) in [5, 5.41) is 13.9. The molecule has 0 aliphatic heterocycles. The van der Waals surface area contributed by atoms with Crippen molar-refractivity contribution in [2.45, 2.75) is 19.4 Å². The van der Waals surface area contributed by atoms with Crippen LogP contribution in [0.4, 0.5) is 16.2 Å². The van der Waals surface area contributed by atoms with Crippen molar-refractivity contribution < 1.29 is 19.5 Å². The van der Waals surface area contributed by atoms with E-state index in [1.54, 1.807) is 18.2 Å². The Morgan fingerprint density at radius 1 is 1.04 bits per heavy atom. The van der Waals surface area contributed by atoms with Gasteiger partial charge in [0.05, 0.1) is 6.54 Å². The third kappa shape index (κ3) is 7.36. The lowest BCUT2D eigenvalue weighted by Gasteiger charge is -2.24. The molecule has 0 atom stereocenters. The van der Waals surface area contributed by atoms with Crippen LogP contribution >= 0.6 is 0 Å². The summed E-state index contributed by atoms with van der Waals surface area (Å²) in [4.78, 5) is 35.7. The first-order valence-corrected chi connectivity index (χ1v) is 8.88. The van der Waals surface area contributed by atoms with Crippen LogP contribution in [-0.4, -0.2) is 36.1 Å². The Morgan fingerprint density at radius 3 is 2.46 bits per heavy atom. The van der Waals surface area contributed by atoms with Gasteiger partial charge in [0.25, 0.3) is 0 Å². The number of carboxylic acids is 1. The van der Waals surface area contributed by atoms with Crippen molar-refractivity contribution in [3.8, 4) is 0 Å². The lowest BCUT2D eigenvalue weighted by molar-refractivity contribution is -0.137. The minimum absolute atomic E-state index is 0.00265. The van der Waals surface area contributed by atoms with E-state index < -0.39 is 17.9 Å². The zero-order chi connectivity index (χ0) is 20.4. The number of rotatable bonds is 10. The van der Waals surface area contributed by atoms with Gasteiger partial charge in [0, 0.05) is 30.9 Å². The second-order valence-electron chi connectivity index (χ2n) is 6.24. The van der Waals surface area contributed by atoms with E-state index in [2.05, 4.69) is 10.6 Å². The summed E-state index contributed by atoms with van der Waals surface area (Å²) in [6.45, 7) is 0.800. The average molecular weight is 384 g/mol. The van der Waals surface area contributed by atoms with Gasteiger partial charge in [0.2, 0.25) is 5.91 Å². The Morgan fingerprint density at radius 2 is 1.79 bits per heavy atom. The SMILES string of the molecule is NC(=O)CN(Cc1ccccc1)c1cccc(NC(=O)NCCCC(=O)O)c1. The third-order valence-corrected chi connectivity index (χ3v) is 3.89. The highest BCUT2D eigenvalue weighted by atomic mass is 16.4. The normalized spacial score (nSPS) is 10.1. The fourth-order valence-corrected chi connectivity index (χ4v) is 2.63. The van der Waals surface area contributed by atoms with Gasteiger partial charge in [-0.05, 0) is 30.2 Å². The molecule has 0 fully saturated rings. The maximum Gasteiger partial charge on any atom is 0.319 e. The van der Waals surface area contributed by atoms with E-state index in [4.69, 9.17) is 10.8 Å². The number of nitrogens with two attached hydrogens (primary N) is 1. The molecule has 2 aromatic carbocycles. The van der Waals surface area contributed by atoms with Crippen LogP contribution in [0.25, 0.3) is 0 Å². The molecule has 148 valence electrons. The molecule has 0 aliphatic carbocycles. The molecule has 0 saturated carbocycles. The number of hydrogen-bond acceptors (Lipinski definition) is 4. The van der Waals surface area contributed by atoms with E-state index >= 15 is 0 Å². The standard InChI is InChI=1S/C20H24N4O4/c21-18(25)14-24(13-15-6-2-1-3-7-15)17-9-4-8-16(12-17)23-20(28)22-11-5-10-19(26)27/h1-4,6-9,12H,5,10-11,13-14H2,(H2,21,25)(H,26,27)(H2,22,23,28). The predicted octanol–water partition coefficient (Wildman–Crippen LogP) is 2.16. The fourth-order valence-electron chi connectivity index (χ4n) is 2.63. The molecule has 0 saturated heterocycles. The van der Waals surface area contributed by atoms with E-state index in [9.17, 15) is 14.4 Å². The van der Waals surface area contributed by atoms with Crippen molar-refractivity contribution >= 4 is 29.3 Å². The van der Waals surface area contributed by atoms with Crippen LogP contribution in [0.1, 0.15) is 18.4 Å². The number of carbonyl (C=O) groups excluding carboxylic acids is 2. The van der Waals surface area contributed by atoms with E-state index in [0.29, 0.717) is 18.7 Å². The van der Waals surface area contributed by atoms with Gasteiger partial charge in [0.1, 0.15) is 0 Å². The summed E-state index contributed by atoms with van der Waals surface area (Å²) in [5.41, 5.74) is 7.71. The molecule has 0 heterocycles. The Bertz CT molecular complexity index is 811. The van der Waals surface area contributed by atoms with Crippen LogP contribution in [0.15, 0.2) is 54.6 Å². The van der Waals surface area contributed by atoms with Crippen LogP contribution < -0.4 is 21.3 Å². The number of benzene rings is 2. The number of amides is 3. The second kappa shape index (κ2) is 10.6. The van der Waals surface area contributed by atoms with E-state index in [0.717, 1.165) is 11.3 Å². The molecule has 0 radical (unpaired) electrons. The van der Waals surface area contributed by atoms with Gasteiger partial charge in [-0.25, -0.2) is 4.79 Å². The first-order chi connectivity index (χ1) is 13.4. The van der Waals surface area contributed by atoms with Gasteiger partial charge in [-0.1, -0.05) is 36.4 Å². The number of nitrogens with one attached hydrogen (secondary N) is 2. The van der Waals surface area contributed by atoms with Gasteiger partial charge in [-0.2, -0.15) is 0 Å². The zero-order valence-electron chi connectivity index (χ0n) is 15.4. The van der Waals surface area contributed by atoms with Gasteiger partial charge in [-0.15, -0.1) is 0 Å². The first-order valence-electron chi connectivity index (χ1n) is 8.88.